The van der Waals surface area contributed by atoms with Crippen LogP contribution in [0, 0.1) is 5.82 Å². The number of nitrogens with zero attached hydrogens (tertiary/aromatic N) is 1. The molecule has 0 aliphatic heterocycles. The summed E-state index contributed by atoms with van der Waals surface area (Å²) in [6.07, 6.45) is 0.618. The van der Waals surface area contributed by atoms with Gasteiger partial charge in [0.25, 0.3) is 0 Å². The van der Waals surface area contributed by atoms with Crippen LogP contribution in [-0.4, -0.2) is 37.7 Å². The molecule has 11 heteroatoms. The predicted molar refractivity (Wildman–Crippen MR) is 175 cm³/mol. The quantitative estimate of drug-likeness (QED) is 0.164. The SMILES string of the molecule is CCNS(=O)(=O)c1ccc(CCC(=O)N(Cc2ccc(F)cc2)[C@@H](Cc2ccccc2)C(=O)NCc2ccc(Cl)cc2Cl)cc1. The summed E-state index contributed by atoms with van der Waals surface area (Å²) in [7, 11) is -3.60. The monoisotopic (exact) mass is 669 g/mol. The molecule has 0 saturated heterocycles. The molecule has 0 saturated carbocycles. The minimum absolute atomic E-state index is 0.0576. The van der Waals surface area contributed by atoms with Crippen molar-refractivity contribution in [3.8, 4) is 0 Å². The van der Waals surface area contributed by atoms with E-state index in [4.69, 9.17) is 23.2 Å². The first-order chi connectivity index (χ1) is 21.6. The smallest absolute Gasteiger partial charge is 0.243 e. The number of hydrogen-bond acceptors (Lipinski definition) is 4. The summed E-state index contributed by atoms with van der Waals surface area (Å²) in [5, 5.41) is 3.81. The summed E-state index contributed by atoms with van der Waals surface area (Å²) in [5.41, 5.74) is 2.96. The highest BCUT2D eigenvalue weighted by molar-refractivity contribution is 7.89. The van der Waals surface area contributed by atoms with E-state index >= 15 is 0 Å². The molecule has 0 unspecified atom stereocenters. The lowest BCUT2D eigenvalue weighted by Crippen LogP contribution is -2.50. The largest absolute Gasteiger partial charge is 0.350 e. The van der Waals surface area contributed by atoms with Gasteiger partial charge in [-0.05, 0) is 65.1 Å². The van der Waals surface area contributed by atoms with E-state index in [1.54, 1.807) is 49.4 Å². The van der Waals surface area contributed by atoms with Crippen molar-refractivity contribution in [2.24, 2.45) is 0 Å². The maximum absolute atomic E-state index is 13.9. The molecule has 1 atom stereocenters. The minimum Gasteiger partial charge on any atom is -0.350 e. The Labute approximate surface area is 273 Å². The van der Waals surface area contributed by atoms with E-state index in [0.29, 0.717) is 27.6 Å². The van der Waals surface area contributed by atoms with Gasteiger partial charge in [-0.25, -0.2) is 17.5 Å². The lowest BCUT2D eigenvalue weighted by molar-refractivity contribution is -0.141. The summed E-state index contributed by atoms with van der Waals surface area (Å²) in [5.74, 6) is -1.07. The third-order valence-electron chi connectivity index (χ3n) is 7.20. The van der Waals surface area contributed by atoms with Gasteiger partial charge in [-0.3, -0.25) is 9.59 Å². The van der Waals surface area contributed by atoms with Crippen molar-refractivity contribution < 1.29 is 22.4 Å². The standard InChI is InChI=1S/C34H34Cl2FN3O4S/c1-2-39-45(43,44)30-17-10-24(11-18-30)12-19-33(41)40(23-26-8-15-29(37)16-9-26)32(20-25-6-4-3-5-7-25)34(42)38-22-27-13-14-28(35)21-31(27)36/h3-11,13-18,21,32,39H,2,12,19-20,22-23H2,1H3,(H,38,42)/t32-/m0/s1. The summed E-state index contributed by atoms with van der Waals surface area (Å²) < 4.78 is 40.8. The Morgan fingerprint density at radius 1 is 0.867 bits per heavy atom. The van der Waals surface area contributed by atoms with Gasteiger partial charge in [-0.15, -0.1) is 0 Å². The van der Waals surface area contributed by atoms with Gasteiger partial charge in [-0.2, -0.15) is 0 Å². The Morgan fingerprint density at radius 3 is 2.18 bits per heavy atom. The maximum atomic E-state index is 13.9. The molecule has 4 aromatic carbocycles. The van der Waals surface area contributed by atoms with Gasteiger partial charge in [0.15, 0.2) is 0 Å². The number of amides is 2. The van der Waals surface area contributed by atoms with E-state index in [2.05, 4.69) is 10.0 Å². The number of carbonyl (C=O) groups excluding carboxylic acids is 2. The number of hydrogen-bond donors (Lipinski definition) is 2. The fourth-order valence-electron chi connectivity index (χ4n) is 4.81. The number of halogens is 3. The van der Waals surface area contributed by atoms with Crippen LogP contribution in [0.1, 0.15) is 35.6 Å². The fourth-order valence-corrected chi connectivity index (χ4v) is 6.33. The molecule has 0 radical (unpaired) electrons. The predicted octanol–water partition coefficient (Wildman–Crippen LogP) is 6.32. The Morgan fingerprint density at radius 2 is 1.53 bits per heavy atom. The molecule has 0 fully saturated rings. The number of aryl methyl sites for hydroxylation is 1. The van der Waals surface area contributed by atoms with Crippen LogP contribution in [0.5, 0.6) is 0 Å². The van der Waals surface area contributed by atoms with Crippen molar-refractivity contribution in [3.63, 3.8) is 0 Å². The molecule has 0 aromatic heterocycles. The molecule has 0 bridgehead atoms. The highest BCUT2D eigenvalue weighted by Crippen LogP contribution is 2.22. The second-order valence-electron chi connectivity index (χ2n) is 10.5. The molecule has 0 spiro atoms. The van der Waals surface area contributed by atoms with Crippen LogP contribution < -0.4 is 10.0 Å². The molecular weight excluding hydrogens is 636 g/mol. The normalized spacial score (nSPS) is 12.0. The van der Waals surface area contributed by atoms with Crippen molar-refractivity contribution >= 4 is 45.0 Å². The van der Waals surface area contributed by atoms with Gasteiger partial charge in [0.2, 0.25) is 21.8 Å². The highest BCUT2D eigenvalue weighted by Gasteiger charge is 2.30. The lowest BCUT2D eigenvalue weighted by atomic mass is 10.0. The van der Waals surface area contributed by atoms with Crippen LogP contribution >= 0.6 is 23.2 Å². The van der Waals surface area contributed by atoms with Crippen LogP contribution in [0.2, 0.25) is 10.0 Å². The minimum atomic E-state index is -3.60. The lowest BCUT2D eigenvalue weighted by Gasteiger charge is -2.32. The van der Waals surface area contributed by atoms with Crippen LogP contribution in [0.4, 0.5) is 4.39 Å². The average Bonchev–Trinajstić information content (AvgIpc) is 3.02. The first-order valence-electron chi connectivity index (χ1n) is 14.4. The van der Waals surface area contributed by atoms with Crippen LogP contribution in [-0.2, 0) is 45.5 Å². The Bertz CT molecular complexity index is 1700. The van der Waals surface area contributed by atoms with Crippen LogP contribution in [0.15, 0.2) is 102 Å². The van der Waals surface area contributed by atoms with Crippen molar-refractivity contribution in [1.82, 2.24) is 14.9 Å². The zero-order chi connectivity index (χ0) is 32.4. The molecule has 0 aliphatic rings. The number of rotatable bonds is 14. The number of carbonyl (C=O) groups is 2. The zero-order valence-electron chi connectivity index (χ0n) is 24.7. The van der Waals surface area contributed by atoms with E-state index in [0.717, 1.165) is 11.1 Å². The zero-order valence-corrected chi connectivity index (χ0v) is 27.0. The molecular formula is C34H34Cl2FN3O4S. The Hall–Kier alpha value is -3.76. The maximum Gasteiger partial charge on any atom is 0.243 e. The first kappa shape index (κ1) is 34.1. The second-order valence-corrected chi connectivity index (χ2v) is 13.1. The van der Waals surface area contributed by atoms with E-state index in [-0.39, 0.29) is 49.2 Å². The molecule has 2 N–H and O–H groups in total. The highest BCUT2D eigenvalue weighted by atomic mass is 35.5. The number of benzene rings is 4. The molecule has 0 aliphatic carbocycles. The molecule has 45 heavy (non-hydrogen) atoms. The van der Waals surface area contributed by atoms with Gasteiger partial charge in [-0.1, -0.05) is 90.8 Å². The van der Waals surface area contributed by atoms with Gasteiger partial charge in [0.1, 0.15) is 11.9 Å². The van der Waals surface area contributed by atoms with E-state index < -0.39 is 21.9 Å². The third-order valence-corrected chi connectivity index (χ3v) is 9.35. The van der Waals surface area contributed by atoms with Crippen LogP contribution in [0.25, 0.3) is 0 Å². The Kier molecular flexibility index (Phi) is 12.1. The van der Waals surface area contributed by atoms with Crippen molar-refractivity contribution in [2.45, 2.75) is 50.2 Å². The van der Waals surface area contributed by atoms with E-state index in [1.165, 1.54) is 29.2 Å². The average molecular weight is 671 g/mol. The molecule has 236 valence electrons. The van der Waals surface area contributed by atoms with E-state index in [1.807, 2.05) is 30.3 Å². The van der Waals surface area contributed by atoms with Crippen molar-refractivity contribution in [3.05, 3.63) is 135 Å². The van der Waals surface area contributed by atoms with Gasteiger partial charge in [0, 0.05) is 42.5 Å². The number of sulfonamides is 1. The van der Waals surface area contributed by atoms with Crippen LogP contribution in [0.3, 0.4) is 0 Å². The molecule has 4 aromatic rings. The fraction of sp³-hybridized carbons (Fsp3) is 0.235. The van der Waals surface area contributed by atoms with E-state index in [9.17, 15) is 22.4 Å². The second kappa shape index (κ2) is 16.0. The number of nitrogens with one attached hydrogen (secondary N) is 2. The summed E-state index contributed by atoms with van der Waals surface area (Å²) in [6.45, 7) is 2.17. The van der Waals surface area contributed by atoms with Crippen molar-refractivity contribution in [2.75, 3.05) is 6.54 Å². The van der Waals surface area contributed by atoms with Crippen molar-refractivity contribution in [1.29, 1.82) is 0 Å². The van der Waals surface area contributed by atoms with Gasteiger partial charge < -0.3 is 10.2 Å². The third kappa shape index (κ3) is 9.86. The Balaban J connectivity index is 1.59. The summed E-state index contributed by atoms with van der Waals surface area (Å²) in [6, 6.07) is 25.6. The topological polar surface area (TPSA) is 95.6 Å². The molecule has 7 nitrogen and oxygen atoms in total. The molecule has 0 heterocycles. The first-order valence-corrected chi connectivity index (χ1v) is 16.7. The molecule has 4 rings (SSSR count). The molecule has 2 amide bonds. The summed E-state index contributed by atoms with van der Waals surface area (Å²) >= 11 is 12.4. The van der Waals surface area contributed by atoms with Gasteiger partial charge >= 0.3 is 0 Å². The summed E-state index contributed by atoms with van der Waals surface area (Å²) in [4.78, 5) is 29.4. The van der Waals surface area contributed by atoms with Gasteiger partial charge in [0.05, 0.1) is 4.90 Å².